The van der Waals surface area contributed by atoms with Crippen LogP contribution in [0.25, 0.3) is 10.9 Å². The number of fused-ring (bicyclic) bond motifs is 2. The zero-order valence-electron chi connectivity index (χ0n) is 13.3. The first-order valence-electron chi connectivity index (χ1n) is 8.07. The summed E-state index contributed by atoms with van der Waals surface area (Å²) in [7, 11) is 0. The predicted octanol–water partition coefficient (Wildman–Crippen LogP) is 4.55. The predicted molar refractivity (Wildman–Crippen MR) is 99.3 cm³/mol. The van der Waals surface area contributed by atoms with E-state index in [9.17, 15) is 0 Å². The monoisotopic (exact) mass is 338 g/mol. The minimum Gasteiger partial charge on any atom is -0.378 e. The number of rotatable bonds is 5. The maximum atomic E-state index is 6.30. The summed E-state index contributed by atoms with van der Waals surface area (Å²) in [4.78, 5) is 0. The number of anilines is 1. The number of aromatic amines is 1. The lowest BCUT2D eigenvalue weighted by Crippen LogP contribution is -2.10. The average molecular weight is 339 g/mol. The largest absolute Gasteiger partial charge is 0.378 e. The highest BCUT2D eigenvalue weighted by Gasteiger charge is 2.17. The molecule has 0 saturated carbocycles. The molecule has 0 unspecified atom stereocenters. The van der Waals surface area contributed by atoms with Crippen molar-refractivity contribution in [1.29, 1.82) is 0 Å². The Hall–Kier alpha value is -2.30. The van der Waals surface area contributed by atoms with Crippen LogP contribution in [0.3, 0.4) is 0 Å². The topological polar surface area (TPSA) is 52.7 Å². The van der Waals surface area contributed by atoms with Crippen LogP contribution in [-0.2, 0) is 13.1 Å². The van der Waals surface area contributed by atoms with Crippen molar-refractivity contribution >= 4 is 28.2 Å². The fourth-order valence-corrected chi connectivity index (χ4v) is 3.57. The summed E-state index contributed by atoms with van der Waals surface area (Å²) >= 11 is 6.30. The summed E-state index contributed by atoms with van der Waals surface area (Å²) < 4.78 is 0. The van der Waals surface area contributed by atoms with Gasteiger partial charge in [-0.1, -0.05) is 23.7 Å². The SMILES string of the molecule is C=CC[C@H](Nc1ccc2c(c1)CNC2)c1cc(Cl)cc2[nH]ncc12. The van der Waals surface area contributed by atoms with Crippen molar-refractivity contribution < 1.29 is 0 Å². The van der Waals surface area contributed by atoms with Crippen LogP contribution in [0.2, 0.25) is 5.02 Å². The van der Waals surface area contributed by atoms with Gasteiger partial charge in [0.1, 0.15) is 0 Å². The van der Waals surface area contributed by atoms with E-state index in [0.29, 0.717) is 5.02 Å². The van der Waals surface area contributed by atoms with Crippen molar-refractivity contribution in [2.45, 2.75) is 25.6 Å². The van der Waals surface area contributed by atoms with E-state index in [1.165, 1.54) is 11.1 Å². The quantitative estimate of drug-likeness (QED) is 0.598. The summed E-state index contributed by atoms with van der Waals surface area (Å²) in [6, 6.07) is 10.6. The Kier molecular flexibility index (Phi) is 4.00. The number of hydrogen-bond acceptors (Lipinski definition) is 3. The molecule has 122 valence electrons. The van der Waals surface area contributed by atoms with E-state index in [2.05, 4.69) is 45.6 Å². The van der Waals surface area contributed by atoms with Crippen LogP contribution in [0.4, 0.5) is 5.69 Å². The average Bonchev–Trinajstić information content (AvgIpc) is 3.21. The summed E-state index contributed by atoms with van der Waals surface area (Å²) in [5.41, 5.74) is 5.93. The van der Waals surface area contributed by atoms with Crippen molar-refractivity contribution in [2.24, 2.45) is 0 Å². The molecule has 2 aromatic carbocycles. The Labute approximate surface area is 145 Å². The van der Waals surface area contributed by atoms with Crippen LogP contribution in [0.1, 0.15) is 29.2 Å². The van der Waals surface area contributed by atoms with Gasteiger partial charge in [0.15, 0.2) is 0 Å². The molecule has 0 aliphatic carbocycles. The molecule has 5 heteroatoms. The second-order valence-corrected chi connectivity index (χ2v) is 6.57. The number of H-pyrrole nitrogens is 1. The molecule has 0 saturated heterocycles. The second kappa shape index (κ2) is 6.30. The summed E-state index contributed by atoms with van der Waals surface area (Å²) in [5, 5.41) is 16.0. The van der Waals surface area contributed by atoms with Crippen LogP contribution < -0.4 is 10.6 Å². The van der Waals surface area contributed by atoms with Crippen LogP contribution in [0.5, 0.6) is 0 Å². The fraction of sp³-hybridized carbons (Fsp3) is 0.211. The van der Waals surface area contributed by atoms with E-state index >= 15 is 0 Å². The molecule has 4 rings (SSSR count). The van der Waals surface area contributed by atoms with E-state index in [4.69, 9.17) is 11.6 Å². The van der Waals surface area contributed by atoms with Crippen LogP contribution in [0, 0.1) is 0 Å². The molecule has 0 spiro atoms. The molecule has 1 atom stereocenters. The Morgan fingerprint density at radius 3 is 3.00 bits per heavy atom. The van der Waals surface area contributed by atoms with Gasteiger partial charge in [0.2, 0.25) is 0 Å². The van der Waals surface area contributed by atoms with Gasteiger partial charge in [0.25, 0.3) is 0 Å². The maximum Gasteiger partial charge on any atom is 0.0668 e. The van der Waals surface area contributed by atoms with Crippen LogP contribution in [-0.4, -0.2) is 10.2 Å². The van der Waals surface area contributed by atoms with Gasteiger partial charge in [0.05, 0.1) is 17.8 Å². The molecule has 0 amide bonds. The van der Waals surface area contributed by atoms with Gasteiger partial charge in [-0.3, -0.25) is 5.10 Å². The summed E-state index contributed by atoms with van der Waals surface area (Å²) in [6.45, 7) is 5.79. The Balaban J connectivity index is 1.71. The smallest absolute Gasteiger partial charge is 0.0668 e. The molecular weight excluding hydrogens is 320 g/mol. The lowest BCUT2D eigenvalue weighted by molar-refractivity contribution is 0.764. The Morgan fingerprint density at radius 1 is 1.25 bits per heavy atom. The molecular formula is C19H19ClN4. The van der Waals surface area contributed by atoms with E-state index in [1.807, 2.05) is 24.4 Å². The first-order valence-corrected chi connectivity index (χ1v) is 8.45. The Bertz CT molecular complexity index is 900. The number of nitrogens with one attached hydrogen (secondary N) is 3. The lowest BCUT2D eigenvalue weighted by Gasteiger charge is -2.21. The molecule has 1 aliphatic heterocycles. The van der Waals surface area contributed by atoms with Crippen molar-refractivity contribution in [3.05, 3.63) is 70.9 Å². The number of benzene rings is 2. The van der Waals surface area contributed by atoms with E-state index in [0.717, 1.165) is 41.7 Å². The van der Waals surface area contributed by atoms with Crippen molar-refractivity contribution in [2.75, 3.05) is 5.32 Å². The second-order valence-electron chi connectivity index (χ2n) is 6.13. The third kappa shape index (κ3) is 2.79. The molecule has 4 nitrogen and oxygen atoms in total. The van der Waals surface area contributed by atoms with Crippen LogP contribution >= 0.6 is 11.6 Å². The van der Waals surface area contributed by atoms with E-state index < -0.39 is 0 Å². The van der Waals surface area contributed by atoms with Gasteiger partial charge >= 0.3 is 0 Å². The third-order valence-corrected chi connectivity index (χ3v) is 4.73. The molecule has 3 N–H and O–H groups in total. The standard InChI is InChI=1S/C19H19ClN4/c1-2-3-18(16-7-14(20)8-19-17(16)11-22-24-19)23-15-5-4-12-9-21-10-13(12)6-15/h2,4-8,11,18,21,23H,1,3,9-10H2,(H,22,24)/t18-/m0/s1. The molecule has 0 bridgehead atoms. The van der Waals surface area contributed by atoms with Gasteiger partial charge < -0.3 is 10.6 Å². The maximum absolute atomic E-state index is 6.30. The molecule has 24 heavy (non-hydrogen) atoms. The minimum atomic E-state index is 0.0914. The highest BCUT2D eigenvalue weighted by atomic mass is 35.5. The lowest BCUT2D eigenvalue weighted by atomic mass is 9.99. The molecule has 3 aromatic rings. The minimum absolute atomic E-state index is 0.0914. The summed E-state index contributed by atoms with van der Waals surface area (Å²) in [5.74, 6) is 0. The zero-order valence-corrected chi connectivity index (χ0v) is 14.0. The molecule has 1 aliphatic rings. The summed E-state index contributed by atoms with van der Waals surface area (Å²) in [6.07, 6.45) is 4.58. The molecule has 0 radical (unpaired) electrons. The van der Waals surface area contributed by atoms with Crippen molar-refractivity contribution in [1.82, 2.24) is 15.5 Å². The van der Waals surface area contributed by atoms with Gasteiger partial charge in [-0.2, -0.15) is 5.10 Å². The molecule has 0 fully saturated rings. The van der Waals surface area contributed by atoms with E-state index in [-0.39, 0.29) is 6.04 Å². The first-order chi connectivity index (χ1) is 11.7. The van der Waals surface area contributed by atoms with Crippen LogP contribution in [0.15, 0.2) is 49.2 Å². The van der Waals surface area contributed by atoms with Gasteiger partial charge in [0, 0.05) is 29.2 Å². The molecule has 2 heterocycles. The number of nitrogens with zero attached hydrogens (tertiary/aromatic N) is 1. The number of aromatic nitrogens is 2. The van der Waals surface area contributed by atoms with Crippen molar-refractivity contribution in [3.8, 4) is 0 Å². The van der Waals surface area contributed by atoms with E-state index in [1.54, 1.807) is 0 Å². The highest BCUT2D eigenvalue weighted by molar-refractivity contribution is 6.31. The van der Waals surface area contributed by atoms with Crippen molar-refractivity contribution in [3.63, 3.8) is 0 Å². The number of hydrogen-bond donors (Lipinski definition) is 3. The first kappa shape index (κ1) is 15.2. The van der Waals surface area contributed by atoms with Gasteiger partial charge in [-0.05, 0) is 47.4 Å². The number of halogens is 1. The van der Waals surface area contributed by atoms with Gasteiger partial charge in [-0.15, -0.1) is 6.58 Å². The fourth-order valence-electron chi connectivity index (χ4n) is 3.35. The third-order valence-electron chi connectivity index (χ3n) is 4.51. The normalized spacial score (nSPS) is 14.5. The highest BCUT2D eigenvalue weighted by Crippen LogP contribution is 2.32. The molecule has 1 aromatic heterocycles. The Morgan fingerprint density at radius 2 is 2.12 bits per heavy atom. The zero-order chi connectivity index (χ0) is 16.5. The van der Waals surface area contributed by atoms with Gasteiger partial charge in [-0.25, -0.2) is 0 Å².